The molecular weight excluding hydrogens is 316 g/mol. The molecule has 6 heteroatoms. The standard InChI is InChI=1S/C16H20N2O2S2/c1-2-22(19,20)15-7-5-14(6-8-15)18-10-3-4-13(12-18)16-17-9-11-21-16/h5-9,11,13H,2-4,10,12H2,1H3/t13-/m0/s1. The van der Waals surface area contributed by atoms with E-state index in [2.05, 4.69) is 9.88 Å². The van der Waals surface area contributed by atoms with Crippen LogP contribution >= 0.6 is 11.3 Å². The van der Waals surface area contributed by atoms with Crippen molar-refractivity contribution in [3.05, 3.63) is 40.8 Å². The highest BCUT2D eigenvalue weighted by molar-refractivity contribution is 7.91. The van der Waals surface area contributed by atoms with Gasteiger partial charge in [-0.25, -0.2) is 13.4 Å². The lowest BCUT2D eigenvalue weighted by Crippen LogP contribution is -2.34. The summed E-state index contributed by atoms with van der Waals surface area (Å²) in [6.07, 6.45) is 4.18. The Morgan fingerprint density at radius 1 is 1.32 bits per heavy atom. The van der Waals surface area contributed by atoms with Crippen LogP contribution in [-0.2, 0) is 9.84 Å². The molecule has 0 bridgehead atoms. The molecule has 0 saturated carbocycles. The van der Waals surface area contributed by atoms with E-state index >= 15 is 0 Å². The Morgan fingerprint density at radius 3 is 2.73 bits per heavy atom. The fourth-order valence-corrected chi connectivity index (χ4v) is 4.53. The summed E-state index contributed by atoms with van der Waals surface area (Å²) < 4.78 is 23.8. The molecule has 2 heterocycles. The smallest absolute Gasteiger partial charge is 0.178 e. The SMILES string of the molecule is CCS(=O)(=O)c1ccc(N2CCC[C@H](c3nccs3)C2)cc1. The molecule has 0 aliphatic carbocycles. The highest BCUT2D eigenvalue weighted by Gasteiger charge is 2.23. The van der Waals surface area contributed by atoms with Crippen LogP contribution in [0.4, 0.5) is 5.69 Å². The Bertz CT molecular complexity index is 709. The number of piperidine rings is 1. The van der Waals surface area contributed by atoms with Crippen molar-refractivity contribution in [2.24, 2.45) is 0 Å². The first-order valence-corrected chi connectivity index (χ1v) is 10.1. The Morgan fingerprint density at radius 2 is 2.09 bits per heavy atom. The molecule has 0 N–H and O–H groups in total. The summed E-state index contributed by atoms with van der Waals surface area (Å²) in [5.74, 6) is 0.620. The van der Waals surface area contributed by atoms with Crippen LogP contribution in [0.15, 0.2) is 40.7 Å². The van der Waals surface area contributed by atoms with E-state index < -0.39 is 9.84 Å². The minimum Gasteiger partial charge on any atom is -0.371 e. The van der Waals surface area contributed by atoms with Crippen LogP contribution in [0.1, 0.15) is 30.7 Å². The molecule has 118 valence electrons. The van der Waals surface area contributed by atoms with E-state index in [1.165, 1.54) is 11.4 Å². The van der Waals surface area contributed by atoms with Gasteiger partial charge in [0.2, 0.25) is 0 Å². The molecular formula is C16H20N2O2S2. The third-order valence-electron chi connectivity index (χ3n) is 4.16. The van der Waals surface area contributed by atoms with Crippen molar-refractivity contribution >= 4 is 26.9 Å². The highest BCUT2D eigenvalue weighted by atomic mass is 32.2. The maximum absolute atomic E-state index is 11.9. The molecule has 0 amide bonds. The summed E-state index contributed by atoms with van der Waals surface area (Å²) in [7, 11) is -3.12. The molecule has 0 spiro atoms. The van der Waals surface area contributed by atoms with Crippen molar-refractivity contribution in [3.8, 4) is 0 Å². The number of benzene rings is 1. The maximum Gasteiger partial charge on any atom is 0.178 e. The van der Waals surface area contributed by atoms with Crippen molar-refractivity contribution < 1.29 is 8.42 Å². The lowest BCUT2D eigenvalue weighted by atomic mass is 9.98. The minimum absolute atomic E-state index is 0.141. The largest absolute Gasteiger partial charge is 0.371 e. The van der Waals surface area contributed by atoms with Gasteiger partial charge >= 0.3 is 0 Å². The summed E-state index contributed by atoms with van der Waals surface area (Å²) in [6.45, 7) is 3.64. The lowest BCUT2D eigenvalue weighted by molar-refractivity contribution is 0.508. The summed E-state index contributed by atoms with van der Waals surface area (Å²) >= 11 is 1.72. The van der Waals surface area contributed by atoms with Crippen LogP contribution < -0.4 is 4.90 Å². The normalized spacial score (nSPS) is 19.3. The molecule has 1 aromatic heterocycles. The molecule has 1 aliphatic rings. The summed E-state index contributed by atoms with van der Waals surface area (Å²) in [4.78, 5) is 7.18. The average Bonchev–Trinajstić information content (AvgIpc) is 3.10. The average molecular weight is 336 g/mol. The first-order chi connectivity index (χ1) is 10.6. The molecule has 1 aliphatic heterocycles. The van der Waals surface area contributed by atoms with Crippen LogP contribution in [-0.4, -0.2) is 32.2 Å². The monoisotopic (exact) mass is 336 g/mol. The molecule has 4 nitrogen and oxygen atoms in total. The molecule has 1 fully saturated rings. The highest BCUT2D eigenvalue weighted by Crippen LogP contribution is 2.31. The summed E-state index contributed by atoms with van der Waals surface area (Å²) in [6, 6.07) is 7.29. The van der Waals surface area contributed by atoms with E-state index in [-0.39, 0.29) is 5.75 Å². The van der Waals surface area contributed by atoms with Gasteiger partial charge in [0.15, 0.2) is 9.84 Å². The third-order valence-corrected chi connectivity index (χ3v) is 6.85. The number of hydrogen-bond acceptors (Lipinski definition) is 5. The molecule has 2 aromatic rings. The molecule has 1 atom stereocenters. The first kappa shape index (κ1) is 15.5. The van der Waals surface area contributed by atoms with Gasteiger partial charge in [0, 0.05) is 36.3 Å². The lowest BCUT2D eigenvalue weighted by Gasteiger charge is -2.33. The van der Waals surface area contributed by atoms with Crippen molar-refractivity contribution in [3.63, 3.8) is 0 Å². The van der Waals surface area contributed by atoms with Crippen molar-refractivity contribution in [1.82, 2.24) is 4.98 Å². The Kier molecular flexibility index (Phi) is 4.49. The van der Waals surface area contributed by atoms with E-state index in [4.69, 9.17) is 0 Å². The number of nitrogens with zero attached hydrogens (tertiary/aromatic N) is 2. The van der Waals surface area contributed by atoms with E-state index in [9.17, 15) is 8.42 Å². The van der Waals surface area contributed by atoms with Gasteiger partial charge in [-0.3, -0.25) is 0 Å². The van der Waals surface area contributed by atoms with Gasteiger partial charge in [-0.2, -0.15) is 0 Å². The van der Waals surface area contributed by atoms with Gasteiger partial charge in [0.25, 0.3) is 0 Å². The van der Waals surface area contributed by atoms with Crippen LogP contribution in [0.3, 0.4) is 0 Å². The van der Waals surface area contributed by atoms with Crippen LogP contribution in [0.5, 0.6) is 0 Å². The second kappa shape index (κ2) is 6.38. The van der Waals surface area contributed by atoms with Crippen LogP contribution in [0.25, 0.3) is 0 Å². The van der Waals surface area contributed by atoms with Gasteiger partial charge in [-0.1, -0.05) is 6.92 Å². The Hall–Kier alpha value is -1.40. The summed E-state index contributed by atoms with van der Waals surface area (Å²) in [5, 5.41) is 3.23. The number of sulfone groups is 1. The van der Waals surface area contributed by atoms with E-state index in [0.717, 1.165) is 25.2 Å². The molecule has 3 rings (SSSR count). The van der Waals surface area contributed by atoms with Crippen LogP contribution in [0.2, 0.25) is 0 Å². The molecule has 1 aromatic carbocycles. The third kappa shape index (κ3) is 3.17. The predicted octanol–water partition coefficient (Wildman–Crippen LogP) is 3.32. The van der Waals surface area contributed by atoms with E-state index in [1.807, 2.05) is 23.7 Å². The van der Waals surface area contributed by atoms with Gasteiger partial charge in [0.1, 0.15) is 0 Å². The maximum atomic E-state index is 11.9. The zero-order valence-corrected chi connectivity index (χ0v) is 14.2. The van der Waals surface area contributed by atoms with Gasteiger partial charge in [-0.15, -0.1) is 11.3 Å². The zero-order chi connectivity index (χ0) is 15.6. The second-order valence-electron chi connectivity index (χ2n) is 5.55. The molecule has 0 unspecified atom stereocenters. The second-order valence-corrected chi connectivity index (χ2v) is 8.76. The van der Waals surface area contributed by atoms with Gasteiger partial charge < -0.3 is 4.90 Å². The topological polar surface area (TPSA) is 50.3 Å². The number of hydrogen-bond donors (Lipinski definition) is 0. The minimum atomic E-state index is -3.12. The van der Waals surface area contributed by atoms with Crippen molar-refractivity contribution in [2.45, 2.75) is 30.6 Å². The fourth-order valence-electron chi connectivity index (χ4n) is 2.88. The van der Waals surface area contributed by atoms with Crippen LogP contribution in [0, 0.1) is 0 Å². The fraction of sp³-hybridized carbons (Fsp3) is 0.438. The molecule has 0 radical (unpaired) electrons. The summed E-state index contributed by atoms with van der Waals surface area (Å²) in [5.41, 5.74) is 1.09. The Labute approximate surface area is 135 Å². The molecule has 1 saturated heterocycles. The van der Waals surface area contributed by atoms with E-state index in [1.54, 1.807) is 30.4 Å². The quantitative estimate of drug-likeness (QED) is 0.859. The van der Waals surface area contributed by atoms with E-state index in [0.29, 0.717) is 10.8 Å². The number of thiazole rings is 1. The van der Waals surface area contributed by atoms with Crippen molar-refractivity contribution in [2.75, 3.05) is 23.7 Å². The van der Waals surface area contributed by atoms with Crippen molar-refractivity contribution in [1.29, 1.82) is 0 Å². The number of aromatic nitrogens is 1. The van der Waals surface area contributed by atoms with Gasteiger partial charge in [-0.05, 0) is 37.1 Å². The molecule has 22 heavy (non-hydrogen) atoms. The number of anilines is 1. The Balaban J connectivity index is 1.76. The van der Waals surface area contributed by atoms with Gasteiger partial charge in [0.05, 0.1) is 15.7 Å². The number of rotatable bonds is 4. The first-order valence-electron chi connectivity index (χ1n) is 7.57. The predicted molar refractivity (Wildman–Crippen MR) is 90.5 cm³/mol. The zero-order valence-electron chi connectivity index (χ0n) is 12.6.